The van der Waals surface area contributed by atoms with Gasteiger partial charge in [0.05, 0.1) is 11.1 Å². The van der Waals surface area contributed by atoms with Gasteiger partial charge in [-0.05, 0) is 36.4 Å². The zero-order valence-corrected chi connectivity index (χ0v) is 10.9. The van der Waals surface area contributed by atoms with Gasteiger partial charge in [-0.25, -0.2) is 0 Å². The maximum Gasteiger partial charge on any atom is 0.573 e. The van der Waals surface area contributed by atoms with Crippen LogP contribution in [0.15, 0.2) is 53.3 Å². The summed E-state index contributed by atoms with van der Waals surface area (Å²) in [7, 11) is 0. The molecule has 0 aliphatic carbocycles. The number of alkyl halides is 3. The van der Waals surface area contributed by atoms with Crippen molar-refractivity contribution in [3.63, 3.8) is 0 Å². The first-order chi connectivity index (χ1) is 10.4. The SMILES string of the molecule is O=c1c2ccccc2nnn1-c1ccc(OC(F)(F)F)cc1. The van der Waals surface area contributed by atoms with Crippen LogP contribution in [0.5, 0.6) is 5.75 Å². The Morgan fingerprint density at radius 3 is 2.36 bits per heavy atom. The third kappa shape index (κ3) is 2.76. The lowest BCUT2D eigenvalue weighted by molar-refractivity contribution is -0.274. The molecule has 2 aromatic carbocycles. The summed E-state index contributed by atoms with van der Waals surface area (Å²) in [5.74, 6) is -0.377. The van der Waals surface area contributed by atoms with E-state index < -0.39 is 11.9 Å². The second kappa shape index (κ2) is 5.14. The molecule has 1 heterocycles. The number of rotatable bonds is 2. The number of aromatic nitrogens is 3. The van der Waals surface area contributed by atoms with E-state index in [0.29, 0.717) is 10.9 Å². The van der Waals surface area contributed by atoms with Gasteiger partial charge >= 0.3 is 6.36 Å². The molecule has 0 radical (unpaired) electrons. The lowest BCUT2D eigenvalue weighted by Gasteiger charge is -2.09. The van der Waals surface area contributed by atoms with Crippen molar-refractivity contribution in [2.45, 2.75) is 6.36 Å². The molecule has 0 saturated heterocycles. The number of fused-ring (bicyclic) bond motifs is 1. The monoisotopic (exact) mass is 307 g/mol. The number of ether oxygens (including phenoxy) is 1. The molecule has 3 aromatic rings. The largest absolute Gasteiger partial charge is 0.573 e. The molecule has 0 aliphatic heterocycles. The van der Waals surface area contributed by atoms with Gasteiger partial charge in [-0.3, -0.25) is 4.79 Å². The summed E-state index contributed by atoms with van der Waals surface area (Å²) >= 11 is 0. The summed E-state index contributed by atoms with van der Waals surface area (Å²) in [5, 5.41) is 8.04. The average molecular weight is 307 g/mol. The molecule has 0 bridgehead atoms. The molecule has 0 saturated carbocycles. The first-order valence-corrected chi connectivity index (χ1v) is 6.15. The summed E-state index contributed by atoms with van der Waals surface area (Å²) in [4.78, 5) is 12.3. The molecule has 0 atom stereocenters. The van der Waals surface area contributed by atoms with Crippen LogP contribution in [0.1, 0.15) is 0 Å². The molecule has 22 heavy (non-hydrogen) atoms. The minimum atomic E-state index is -4.76. The molecule has 0 unspecified atom stereocenters. The van der Waals surface area contributed by atoms with Crippen LogP contribution in [0.4, 0.5) is 13.2 Å². The Morgan fingerprint density at radius 2 is 1.68 bits per heavy atom. The summed E-state index contributed by atoms with van der Waals surface area (Å²) in [6, 6.07) is 11.5. The van der Waals surface area contributed by atoms with Gasteiger partial charge < -0.3 is 4.74 Å². The molecule has 0 spiro atoms. The van der Waals surface area contributed by atoms with Crippen LogP contribution in [0.3, 0.4) is 0 Å². The summed E-state index contributed by atoms with van der Waals surface area (Å²) in [5.41, 5.74) is 0.327. The highest BCUT2D eigenvalue weighted by Crippen LogP contribution is 2.23. The van der Waals surface area contributed by atoms with E-state index in [1.807, 2.05) is 0 Å². The summed E-state index contributed by atoms with van der Waals surface area (Å²) < 4.78 is 41.1. The Bertz CT molecular complexity index is 873. The predicted octanol–water partition coefficient (Wildman–Crippen LogP) is 2.68. The normalized spacial score (nSPS) is 11.6. The molecule has 0 fully saturated rings. The molecule has 0 N–H and O–H groups in total. The molecule has 1 aromatic heterocycles. The summed E-state index contributed by atoms with van der Waals surface area (Å²) in [6.07, 6.45) is -4.76. The van der Waals surface area contributed by atoms with E-state index in [4.69, 9.17) is 0 Å². The molecule has 3 rings (SSSR count). The Labute approximate surface area is 121 Å². The van der Waals surface area contributed by atoms with Crippen molar-refractivity contribution in [2.24, 2.45) is 0 Å². The van der Waals surface area contributed by atoms with E-state index >= 15 is 0 Å². The lowest BCUT2D eigenvalue weighted by atomic mass is 10.2. The van der Waals surface area contributed by atoms with Crippen molar-refractivity contribution in [2.75, 3.05) is 0 Å². The van der Waals surface area contributed by atoms with Crippen LogP contribution in [0.25, 0.3) is 16.6 Å². The van der Waals surface area contributed by atoms with E-state index in [-0.39, 0.29) is 11.4 Å². The predicted molar refractivity (Wildman–Crippen MR) is 71.8 cm³/mol. The number of nitrogens with zero attached hydrogens (tertiary/aromatic N) is 3. The van der Waals surface area contributed by atoms with Crippen LogP contribution in [0.2, 0.25) is 0 Å². The van der Waals surface area contributed by atoms with Gasteiger partial charge in [-0.15, -0.1) is 18.3 Å². The highest BCUT2D eigenvalue weighted by atomic mass is 19.4. The molecule has 112 valence electrons. The molecule has 0 amide bonds. The van der Waals surface area contributed by atoms with Gasteiger partial charge in [0, 0.05) is 0 Å². The Hall–Kier alpha value is -2.90. The third-order valence-electron chi connectivity index (χ3n) is 2.88. The van der Waals surface area contributed by atoms with Crippen molar-refractivity contribution < 1.29 is 17.9 Å². The highest BCUT2D eigenvalue weighted by molar-refractivity contribution is 5.76. The number of halogens is 3. The van der Waals surface area contributed by atoms with E-state index in [1.165, 1.54) is 12.1 Å². The molecular weight excluding hydrogens is 299 g/mol. The first kappa shape index (κ1) is 14.1. The zero-order valence-electron chi connectivity index (χ0n) is 10.9. The van der Waals surface area contributed by atoms with Gasteiger partial charge in [0.25, 0.3) is 5.56 Å². The Kier molecular flexibility index (Phi) is 3.28. The minimum Gasteiger partial charge on any atom is -0.406 e. The van der Waals surface area contributed by atoms with Gasteiger partial charge in [-0.2, -0.15) is 4.68 Å². The van der Waals surface area contributed by atoms with Crippen molar-refractivity contribution in [1.29, 1.82) is 0 Å². The van der Waals surface area contributed by atoms with Crippen LogP contribution in [-0.4, -0.2) is 21.4 Å². The maximum absolute atomic E-state index is 12.3. The van der Waals surface area contributed by atoms with Crippen LogP contribution in [0, 0.1) is 0 Å². The Balaban J connectivity index is 2.01. The fourth-order valence-corrected chi connectivity index (χ4v) is 1.95. The van der Waals surface area contributed by atoms with E-state index in [1.54, 1.807) is 24.3 Å². The summed E-state index contributed by atoms with van der Waals surface area (Å²) in [6.45, 7) is 0. The number of hydrogen-bond acceptors (Lipinski definition) is 4. The topological polar surface area (TPSA) is 57.0 Å². The molecule has 5 nitrogen and oxygen atoms in total. The number of hydrogen-bond donors (Lipinski definition) is 0. The molecular formula is C14H8F3N3O2. The average Bonchev–Trinajstić information content (AvgIpc) is 2.47. The molecule has 0 aliphatic rings. The van der Waals surface area contributed by atoms with Gasteiger partial charge in [-0.1, -0.05) is 17.3 Å². The van der Waals surface area contributed by atoms with Gasteiger partial charge in [0.1, 0.15) is 11.3 Å². The quantitative estimate of drug-likeness (QED) is 0.730. The van der Waals surface area contributed by atoms with Crippen molar-refractivity contribution in [1.82, 2.24) is 15.0 Å². The van der Waals surface area contributed by atoms with Crippen molar-refractivity contribution >= 4 is 10.9 Å². The molecule has 8 heteroatoms. The first-order valence-electron chi connectivity index (χ1n) is 6.15. The second-order valence-corrected chi connectivity index (χ2v) is 4.37. The highest BCUT2D eigenvalue weighted by Gasteiger charge is 2.31. The van der Waals surface area contributed by atoms with Crippen LogP contribution in [-0.2, 0) is 0 Å². The van der Waals surface area contributed by atoms with Crippen LogP contribution >= 0.6 is 0 Å². The zero-order chi connectivity index (χ0) is 15.7. The van der Waals surface area contributed by atoms with Crippen molar-refractivity contribution in [3.8, 4) is 11.4 Å². The van der Waals surface area contributed by atoms with Gasteiger partial charge in [0.2, 0.25) is 0 Å². The van der Waals surface area contributed by atoms with Crippen molar-refractivity contribution in [3.05, 3.63) is 58.9 Å². The maximum atomic E-state index is 12.3. The minimum absolute atomic E-state index is 0.290. The van der Waals surface area contributed by atoms with E-state index in [0.717, 1.165) is 16.8 Å². The standard InChI is InChI=1S/C14H8F3N3O2/c15-14(16,17)22-10-7-5-9(6-8-10)20-13(21)11-3-1-2-4-12(11)18-19-20/h1-8H. The third-order valence-corrected chi connectivity index (χ3v) is 2.88. The smallest absolute Gasteiger partial charge is 0.406 e. The Morgan fingerprint density at radius 1 is 1.00 bits per heavy atom. The lowest BCUT2D eigenvalue weighted by Crippen LogP contribution is -2.22. The van der Waals surface area contributed by atoms with Crippen LogP contribution < -0.4 is 10.3 Å². The fraction of sp³-hybridized carbons (Fsp3) is 0.0714. The second-order valence-electron chi connectivity index (χ2n) is 4.37. The van der Waals surface area contributed by atoms with E-state index in [9.17, 15) is 18.0 Å². The fourth-order valence-electron chi connectivity index (χ4n) is 1.95. The van der Waals surface area contributed by atoms with E-state index in [2.05, 4.69) is 15.0 Å². The number of benzene rings is 2. The van der Waals surface area contributed by atoms with Gasteiger partial charge in [0.15, 0.2) is 0 Å².